The van der Waals surface area contributed by atoms with Gasteiger partial charge in [-0.1, -0.05) is 54.6 Å². The molecule has 164 valence electrons. The van der Waals surface area contributed by atoms with Crippen molar-refractivity contribution in [2.45, 2.75) is 6.42 Å². The molecule has 0 saturated carbocycles. The van der Waals surface area contributed by atoms with Crippen LogP contribution in [0, 0.1) is 0 Å². The molecule has 33 heavy (non-hydrogen) atoms. The second kappa shape index (κ2) is 9.65. The van der Waals surface area contributed by atoms with Crippen LogP contribution >= 0.6 is 0 Å². The van der Waals surface area contributed by atoms with E-state index in [4.69, 9.17) is 0 Å². The van der Waals surface area contributed by atoms with Crippen LogP contribution in [0.15, 0.2) is 91.0 Å². The second-order valence-corrected chi connectivity index (χ2v) is 7.41. The molecule has 0 saturated heterocycles. The van der Waals surface area contributed by atoms with Gasteiger partial charge in [-0.05, 0) is 52.7 Å². The van der Waals surface area contributed by atoms with Gasteiger partial charge in [0.25, 0.3) is 5.91 Å². The number of rotatable bonds is 5. The number of para-hydroxylation sites is 1. The fourth-order valence-electron chi connectivity index (χ4n) is 3.36. The van der Waals surface area contributed by atoms with E-state index in [0.717, 1.165) is 22.0 Å². The number of carbonyl (C=O) groups is 3. The molecule has 0 fully saturated rings. The molecule has 0 spiro atoms. The molecule has 0 atom stereocenters. The predicted octanol–water partition coefficient (Wildman–Crippen LogP) is 4.69. The first kappa shape index (κ1) is 21.6. The minimum absolute atomic E-state index is 0.00336. The van der Waals surface area contributed by atoms with Crippen LogP contribution in [0.4, 0.5) is 16.2 Å². The maximum absolute atomic E-state index is 12.5. The predicted molar refractivity (Wildman–Crippen MR) is 127 cm³/mol. The molecule has 7 nitrogen and oxygen atoms in total. The van der Waals surface area contributed by atoms with Gasteiger partial charge in [0.1, 0.15) is 5.75 Å². The lowest BCUT2D eigenvalue weighted by Gasteiger charge is -2.10. The number of urea groups is 1. The number of carbonyl (C=O) groups excluding carboxylic acids is 3. The Hall–Kier alpha value is -4.65. The van der Waals surface area contributed by atoms with Crippen LogP contribution in [0.5, 0.6) is 5.75 Å². The summed E-state index contributed by atoms with van der Waals surface area (Å²) in [5.41, 5.74) is 1.95. The number of fused-ring (bicyclic) bond motifs is 1. The van der Waals surface area contributed by atoms with Gasteiger partial charge in [-0.15, -0.1) is 0 Å². The fraction of sp³-hybridized carbons (Fsp3) is 0.0385. The first-order valence-electron chi connectivity index (χ1n) is 10.3. The summed E-state index contributed by atoms with van der Waals surface area (Å²) in [5, 5.41) is 19.3. The number of anilines is 2. The SMILES string of the molecule is O=C(Cc1ccc(NC(=O)NC(=O)c2cc3ccccc3cc2O)cc1)Nc1ccccc1. The van der Waals surface area contributed by atoms with Crippen molar-refractivity contribution in [1.29, 1.82) is 0 Å². The van der Waals surface area contributed by atoms with Crippen LogP contribution in [0.2, 0.25) is 0 Å². The number of amides is 4. The zero-order valence-corrected chi connectivity index (χ0v) is 17.5. The molecule has 4 rings (SSSR count). The van der Waals surface area contributed by atoms with E-state index in [-0.39, 0.29) is 23.6 Å². The molecule has 4 N–H and O–H groups in total. The Bertz CT molecular complexity index is 1320. The van der Waals surface area contributed by atoms with Crippen molar-refractivity contribution in [1.82, 2.24) is 5.32 Å². The Kier molecular flexibility index (Phi) is 6.31. The molecular weight excluding hydrogens is 418 g/mol. The van der Waals surface area contributed by atoms with Gasteiger partial charge >= 0.3 is 6.03 Å². The number of aromatic hydroxyl groups is 1. The third-order valence-corrected chi connectivity index (χ3v) is 4.97. The summed E-state index contributed by atoms with van der Waals surface area (Å²) in [5.74, 6) is -1.08. The standard InChI is InChI=1S/C26H21N3O4/c30-23-16-19-7-5-4-6-18(19)15-22(23)25(32)29-26(33)28-21-12-10-17(11-13-21)14-24(31)27-20-8-2-1-3-9-20/h1-13,15-16,30H,14H2,(H,27,31)(H2,28,29,32,33). The quantitative estimate of drug-likeness (QED) is 0.362. The minimum atomic E-state index is -0.734. The molecule has 0 aliphatic heterocycles. The highest BCUT2D eigenvalue weighted by Gasteiger charge is 2.15. The number of imide groups is 1. The second-order valence-electron chi connectivity index (χ2n) is 7.41. The Balaban J connectivity index is 1.33. The number of phenolic OH excluding ortho intramolecular Hbond substituents is 1. The van der Waals surface area contributed by atoms with E-state index >= 15 is 0 Å². The first-order valence-corrected chi connectivity index (χ1v) is 10.3. The van der Waals surface area contributed by atoms with E-state index < -0.39 is 11.9 Å². The summed E-state index contributed by atoms with van der Waals surface area (Å²) in [6, 6.07) is 25.4. The maximum Gasteiger partial charge on any atom is 0.326 e. The zero-order chi connectivity index (χ0) is 23.2. The normalized spacial score (nSPS) is 10.4. The lowest BCUT2D eigenvalue weighted by atomic mass is 10.1. The van der Waals surface area contributed by atoms with E-state index in [1.807, 2.05) is 54.6 Å². The zero-order valence-electron chi connectivity index (χ0n) is 17.5. The van der Waals surface area contributed by atoms with Crippen molar-refractivity contribution in [3.8, 4) is 5.75 Å². The molecule has 0 unspecified atom stereocenters. The molecule has 0 aliphatic rings. The van der Waals surface area contributed by atoms with Crippen LogP contribution < -0.4 is 16.0 Å². The summed E-state index contributed by atoms with van der Waals surface area (Å²) in [4.78, 5) is 36.9. The highest BCUT2D eigenvalue weighted by molar-refractivity contribution is 6.10. The highest BCUT2D eigenvalue weighted by Crippen LogP contribution is 2.25. The van der Waals surface area contributed by atoms with E-state index in [1.165, 1.54) is 12.1 Å². The van der Waals surface area contributed by atoms with Crippen LogP contribution in [0.25, 0.3) is 10.8 Å². The van der Waals surface area contributed by atoms with Crippen LogP contribution in [-0.2, 0) is 11.2 Å². The Labute approximate surface area is 190 Å². The van der Waals surface area contributed by atoms with Gasteiger partial charge in [0.05, 0.1) is 12.0 Å². The molecule has 0 aliphatic carbocycles. The van der Waals surface area contributed by atoms with Gasteiger partial charge in [-0.25, -0.2) is 4.79 Å². The summed E-state index contributed by atoms with van der Waals surface area (Å²) in [7, 11) is 0. The third-order valence-electron chi connectivity index (χ3n) is 4.97. The number of phenols is 1. The molecule has 0 radical (unpaired) electrons. The number of hydrogen-bond acceptors (Lipinski definition) is 4. The fourth-order valence-corrected chi connectivity index (χ4v) is 3.36. The molecule has 0 bridgehead atoms. The summed E-state index contributed by atoms with van der Waals surface area (Å²) >= 11 is 0. The van der Waals surface area contributed by atoms with Crippen molar-refractivity contribution in [2.24, 2.45) is 0 Å². The number of nitrogens with one attached hydrogen (secondary N) is 3. The topological polar surface area (TPSA) is 108 Å². The van der Waals surface area contributed by atoms with Crippen molar-refractivity contribution >= 4 is 40.0 Å². The van der Waals surface area contributed by atoms with Gasteiger partial charge < -0.3 is 15.7 Å². The molecule has 4 aromatic rings. The van der Waals surface area contributed by atoms with Crippen LogP contribution in [0.3, 0.4) is 0 Å². The smallest absolute Gasteiger partial charge is 0.326 e. The van der Waals surface area contributed by atoms with Gasteiger partial charge in [-0.2, -0.15) is 0 Å². The van der Waals surface area contributed by atoms with E-state index in [2.05, 4.69) is 16.0 Å². The molecule has 0 heterocycles. The molecular formula is C26H21N3O4. The lowest BCUT2D eigenvalue weighted by molar-refractivity contribution is -0.115. The summed E-state index contributed by atoms with van der Waals surface area (Å²) in [6.45, 7) is 0. The summed E-state index contributed by atoms with van der Waals surface area (Å²) in [6.07, 6.45) is 0.182. The molecule has 0 aromatic heterocycles. The lowest BCUT2D eigenvalue weighted by Crippen LogP contribution is -2.34. The maximum atomic E-state index is 12.5. The van der Waals surface area contributed by atoms with Crippen LogP contribution in [0.1, 0.15) is 15.9 Å². The first-order chi connectivity index (χ1) is 16.0. The van der Waals surface area contributed by atoms with Crippen molar-refractivity contribution in [2.75, 3.05) is 10.6 Å². The van der Waals surface area contributed by atoms with E-state index in [9.17, 15) is 19.5 Å². The van der Waals surface area contributed by atoms with Crippen LogP contribution in [-0.4, -0.2) is 23.0 Å². The van der Waals surface area contributed by atoms with Gasteiger partial charge in [-0.3, -0.25) is 14.9 Å². The summed E-state index contributed by atoms with van der Waals surface area (Å²) < 4.78 is 0. The van der Waals surface area contributed by atoms with Crippen molar-refractivity contribution in [3.63, 3.8) is 0 Å². The minimum Gasteiger partial charge on any atom is -0.507 e. The Morgan fingerprint density at radius 1 is 0.697 bits per heavy atom. The van der Waals surface area contributed by atoms with Crippen molar-refractivity contribution < 1.29 is 19.5 Å². The Morgan fingerprint density at radius 2 is 1.30 bits per heavy atom. The molecule has 4 aromatic carbocycles. The number of hydrogen-bond donors (Lipinski definition) is 4. The monoisotopic (exact) mass is 439 g/mol. The van der Waals surface area contributed by atoms with E-state index in [1.54, 1.807) is 24.3 Å². The average molecular weight is 439 g/mol. The average Bonchev–Trinajstić information content (AvgIpc) is 2.80. The molecule has 4 amide bonds. The number of benzene rings is 4. The molecule has 7 heteroatoms. The largest absolute Gasteiger partial charge is 0.507 e. The van der Waals surface area contributed by atoms with Crippen molar-refractivity contribution in [3.05, 3.63) is 102 Å². The highest BCUT2D eigenvalue weighted by atomic mass is 16.3. The van der Waals surface area contributed by atoms with E-state index in [0.29, 0.717) is 5.69 Å². The van der Waals surface area contributed by atoms with Gasteiger partial charge in [0, 0.05) is 11.4 Å². The Morgan fingerprint density at radius 3 is 2.00 bits per heavy atom. The van der Waals surface area contributed by atoms with Gasteiger partial charge in [0.2, 0.25) is 5.91 Å². The van der Waals surface area contributed by atoms with Gasteiger partial charge in [0.15, 0.2) is 0 Å². The third kappa shape index (κ3) is 5.54.